The summed E-state index contributed by atoms with van der Waals surface area (Å²) in [5, 5.41) is 3.24. The molecule has 0 saturated carbocycles. The van der Waals surface area contributed by atoms with Crippen molar-refractivity contribution in [1.29, 1.82) is 0 Å². The highest BCUT2D eigenvalue weighted by atomic mass is 32.1. The van der Waals surface area contributed by atoms with Gasteiger partial charge in [0, 0.05) is 19.0 Å². The van der Waals surface area contributed by atoms with Gasteiger partial charge in [0.05, 0.1) is 22.3 Å². The van der Waals surface area contributed by atoms with E-state index < -0.39 is 0 Å². The summed E-state index contributed by atoms with van der Waals surface area (Å²) in [7, 11) is 0. The summed E-state index contributed by atoms with van der Waals surface area (Å²) >= 11 is 1.64. The minimum atomic E-state index is 0.674. The molecule has 1 aromatic carbocycles. The molecule has 15 heavy (non-hydrogen) atoms. The summed E-state index contributed by atoms with van der Waals surface area (Å²) in [5.74, 6) is 1.65. The van der Waals surface area contributed by atoms with Gasteiger partial charge in [-0.3, -0.25) is 0 Å². The molecule has 1 fully saturated rings. The quantitative estimate of drug-likeness (QED) is 0.857. The summed E-state index contributed by atoms with van der Waals surface area (Å²) in [5.41, 5.74) is 2.90. The molecule has 1 aliphatic rings. The fourth-order valence-electron chi connectivity index (χ4n) is 1.65. The molecule has 78 valence electrons. The molecule has 0 radical (unpaired) electrons. The molecule has 1 N–H and O–H groups in total. The number of ether oxygens (including phenoxy) is 1. The zero-order valence-corrected chi connectivity index (χ0v) is 9.09. The summed E-state index contributed by atoms with van der Waals surface area (Å²) in [4.78, 5) is 4.27. The van der Waals surface area contributed by atoms with Gasteiger partial charge < -0.3 is 10.1 Å². The van der Waals surface area contributed by atoms with Crippen LogP contribution >= 0.6 is 11.3 Å². The molecule has 0 spiro atoms. The van der Waals surface area contributed by atoms with Crippen molar-refractivity contribution in [2.24, 2.45) is 5.92 Å². The molecule has 3 rings (SSSR count). The van der Waals surface area contributed by atoms with Gasteiger partial charge in [-0.25, -0.2) is 4.98 Å². The van der Waals surface area contributed by atoms with Gasteiger partial charge in [0.25, 0.3) is 0 Å². The molecular weight excluding hydrogens is 208 g/mol. The lowest BCUT2D eigenvalue weighted by atomic mass is 10.1. The van der Waals surface area contributed by atoms with E-state index in [0.717, 1.165) is 35.7 Å². The first-order valence-electron chi connectivity index (χ1n) is 5.09. The van der Waals surface area contributed by atoms with Crippen molar-refractivity contribution in [2.75, 3.05) is 19.7 Å². The third-order valence-corrected chi connectivity index (χ3v) is 3.52. The largest absolute Gasteiger partial charge is 0.492 e. The zero-order valence-electron chi connectivity index (χ0n) is 8.27. The SMILES string of the molecule is c1cc(OCC2CNC2)c2scnc2c1. The first-order valence-corrected chi connectivity index (χ1v) is 5.97. The van der Waals surface area contributed by atoms with Gasteiger partial charge in [-0.05, 0) is 12.1 Å². The van der Waals surface area contributed by atoms with Crippen LogP contribution in [-0.2, 0) is 0 Å². The predicted octanol–water partition coefficient (Wildman–Crippen LogP) is 1.89. The number of aromatic nitrogens is 1. The summed E-state index contributed by atoms with van der Waals surface area (Å²) in [6.45, 7) is 2.97. The summed E-state index contributed by atoms with van der Waals surface area (Å²) in [6.07, 6.45) is 0. The highest BCUT2D eigenvalue weighted by Crippen LogP contribution is 2.28. The number of nitrogens with zero attached hydrogens (tertiary/aromatic N) is 1. The van der Waals surface area contributed by atoms with E-state index in [-0.39, 0.29) is 0 Å². The Morgan fingerprint density at radius 3 is 3.20 bits per heavy atom. The molecule has 0 amide bonds. The zero-order chi connectivity index (χ0) is 10.1. The van der Waals surface area contributed by atoms with E-state index in [1.165, 1.54) is 0 Å². The molecule has 0 aliphatic carbocycles. The van der Waals surface area contributed by atoms with Crippen LogP contribution in [0.25, 0.3) is 10.2 Å². The van der Waals surface area contributed by atoms with Crippen molar-refractivity contribution in [3.8, 4) is 5.75 Å². The molecule has 3 nitrogen and oxygen atoms in total. The first-order chi connectivity index (χ1) is 7.43. The van der Waals surface area contributed by atoms with Gasteiger partial charge in [0.1, 0.15) is 5.75 Å². The minimum Gasteiger partial charge on any atom is -0.492 e. The smallest absolute Gasteiger partial charge is 0.138 e. The van der Waals surface area contributed by atoms with Crippen molar-refractivity contribution in [3.05, 3.63) is 23.7 Å². The molecule has 2 aromatic rings. The number of benzene rings is 1. The lowest BCUT2D eigenvalue weighted by Crippen LogP contribution is -2.45. The van der Waals surface area contributed by atoms with E-state index in [1.807, 2.05) is 23.7 Å². The van der Waals surface area contributed by atoms with E-state index in [1.54, 1.807) is 11.3 Å². The molecule has 1 saturated heterocycles. The van der Waals surface area contributed by atoms with E-state index in [9.17, 15) is 0 Å². The maximum absolute atomic E-state index is 5.81. The number of hydrogen-bond donors (Lipinski definition) is 1. The van der Waals surface area contributed by atoms with Crippen LogP contribution in [0.4, 0.5) is 0 Å². The van der Waals surface area contributed by atoms with Crippen LogP contribution in [0.3, 0.4) is 0 Å². The average molecular weight is 220 g/mol. The van der Waals surface area contributed by atoms with Crippen LogP contribution < -0.4 is 10.1 Å². The van der Waals surface area contributed by atoms with E-state index in [0.29, 0.717) is 5.92 Å². The normalized spacial score (nSPS) is 16.5. The Bertz CT molecular complexity index is 464. The second kappa shape index (κ2) is 3.79. The fraction of sp³-hybridized carbons (Fsp3) is 0.364. The van der Waals surface area contributed by atoms with E-state index >= 15 is 0 Å². The molecular formula is C11H12N2OS. The Labute approximate surface area is 92.1 Å². The molecule has 1 aromatic heterocycles. The van der Waals surface area contributed by atoms with Crippen LogP contribution in [-0.4, -0.2) is 24.7 Å². The monoisotopic (exact) mass is 220 g/mol. The average Bonchev–Trinajstić information content (AvgIpc) is 2.63. The van der Waals surface area contributed by atoms with Crippen LogP contribution in [0.5, 0.6) is 5.75 Å². The molecule has 2 heterocycles. The lowest BCUT2D eigenvalue weighted by Gasteiger charge is -2.26. The maximum atomic E-state index is 5.81. The van der Waals surface area contributed by atoms with Gasteiger partial charge in [0.2, 0.25) is 0 Å². The molecule has 0 atom stereocenters. The fourth-order valence-corrected chi connectivity index (χ4v) is 2.40. The number of rotatable bonds is 3. The predicted molar refractivity (Wildman–Crippen MR) is 61.5 cm³/mol. The molecule has 4 heteroatoms. The van der Waals surface area contributed by atoms with Crippen molar-refractivity contribution in [1.82, 2.24) is 10.3 Å². The van der Waals surface area contributed by atoms with Gasteiger partial charge in [0.15, 0.2) is 0 Å². The van der Waals surface area contributed by atoms with Crippen molar-refractivity contribution in [3.63, 3.8) is 0 Å². The van der Waals surface area contributed by atoms with E-state index in [4.69, 9.17) is 4.74 Å². The topological polar surface area (TPSA) is 34.1 Å². The highest BCUT2D eigenvalue weighted by molar-refractivity contribution is 7.17. The van der Waals surface area contributed by atoms with Crippen LogP contribution in [0.2, 0.25) is 0 Å². The molecule has 1 aliphatic heterocycles. The maximum Gasteiger partial charge on any atom is 0.138 e. The Morgan fingerprint density at radius 1 is 1.47 bits per heavy atom. The van der Waals surface area contributed by atoms with Gasteiger partial charge in [-0.15, -0.1) is 11.3 Å². The van der Waals surface area contributed by atoms with Crippen molar-refractivity contribution in [2.45, 2.75) is 0 Å². The van der Waals surface area contributed by atoms with Gasteiger partial charge in [-0.2, -0.15) is 0 Å². The summed E-state index contributed by atoms with van der Waals surface area (Å²) < 4.78 is 6.97. The standard InChI is InChI=1S/C11H12N2OS/c1-2-9-11(15-7-13-9)10(3-1)14-6-8-4-12-5-8/h1-3,7-8,12H,4-6H2. The first kappa shape index (κ1) is 9.12. The third kappa shape index (κ3) is 1.70. The Morgan fingerprint density at radius 2 is 2.40 bits per heavy atom. The van der Waals surface area contributed by atoms with Gasteiger partial charge in [-0.1, -0.05) is 6.07 Å². The van der Waals surface area contributed by atoms with Gasteiger partial charge >= 0.3 is 0 Å². The second-order valence-electron chi connectivity index (χ2n) is 3.79. The van der Waals surface area contributed by atoms with Crippen molar-refractivity contribution < 1.29 is 4.74 Å². The summed E-state index contributed by atoms with van der Waals surface area (Å²) in [6, 6.07) is 6.03. The Balaban J connectivity index is 1.80. The number of fused-ring (bicyclic) bond motifs is 1. The molecule has 0 bridgehead atoms. The van der Waals surface area contributed by atoms with E-state index in [2.05, 4.69) is 10.3 Å². The Kier molecular flexibility index (Phi) is 2.31. The Hall–Kier alpha value is -1.13. The van der Waals surface area contributed by atoms with Crippen LogP contribution in [0.1, 0.15) is 0 Å². The lowest BCUT2D eigenvalue weighted by molar-refractivity contribution is 0.201. The minimum absolute atomic E-state index is 0.674. The third-order valence-electron chi connectivity index (χ3n) is 2.66. The highest BCUT2D eigenvalue weighted by Gasteiger charge is 2.17. The molecule has 0 unspecified atom stereocenters. The second-order valence-corrected chi connectivity index (χ2v) is 4.65. The van der Waals surface area contributed by atoms with Crippen LogP contribution in [0.15, 0.2) is 23.7 Å². The number of hydrogen-bond acceptors (Lipinski definition) is 4. The van der Waals surface area contributed by atoms with Crippen molar-refractivity contribution >= 4 is 21.6 Å². The number of thiazole rings is 1. The number of nitrogens with one attached hydrogen (secondary N) is 1. The van der Waals surface area contributed by atoms with Crippen LogP contribution in [0, 0.1) is 5.92 Å².